The molecule has 35 heavy (non-hydrogen) atoms. The van der Waals surface area contributed by atoms with Gasteiger partial charge >= 0.3 is 0 Å². The Morgan fingerprint density at radius 1 is 0.914 bits per heavy atom. The summed E-state index contributed by atoms with van der Waals surface area (Å²) >= 11 is 13.8. The van der Waals surface area contributed by atoms with Crippen LogP contribution in [0.3, 0.4) is 0 Å². The highest BCUT2D eigenvalue weighted by molar-refractivity contribution is 7.14. The van der Waals surface area contributed by atoms with Gasteiger partial charge in [-0.2, -0.15) is 5.10 Å². The first-order valence-electron chi connectivity index (χ1n) is 11.0. The number of nitrogens with zero attached hydrogens (tertiary/aromatic N) is 2. The Balaban J connectivity index is 1.39. The van der Waals surface area contributed by atoms with E-state index in [0.29, 0.717) is 33.6 Å². The Hall–Kier alpha value is -3.25. The van der Waals surface area contributed by atoms with E-state index in [1.165, 1.54) is 17.4 Å². The summed E-state index contributed by atoms with van der Waals surface area (Å²) in [7, 11) is 0. The Kier molecular flexibility index (Phi) is 7.09. The van der Waals surface area contributed by atoms with Crippen LogP contribution in [-0.2, 0) is 12.8 Å². The zero-order valence-corrected chi connectivity index (χ0v) is 20.8. The van der Waals surface area contributed by atoms with Crippen LogP contribution in [0.2, 0.25) is 10.0 Å². The van der Waals surface area contributed by atoms with E-state index in [2.05, 4.69) is 39.8 Å². The van der Waals surface area contributed by atoms with Crippen molar-refractivity contribution in [1.82, 2.24) is 4.98 Å². The molecular formula is C28H20Cl2FN3S. The lowest BCUT2D eigenvalue weighted by molar-refractivity contribution is 0.608. The quantitative estimate of drug-likeness (QED) is 0.172. The van der Waals surface area contributed by atoms with Crippen molar-refractivity contribution in [2.75, 3.05) is 5.43 Å². The van der Waals surface area contributed by atoms with Gasteiger partial charge < -0.3 is 0 Å². The smallest absolute Gasteiger partial charge is 0.203 e. The molecule has 0 saturated carbocycles. The van der Waals surface area contributed by atoms with Crippen LogP contribution in [0.1, 0.15) is 16.7 Å². The van der Waals surface area contributed by atoms with Crippen molar-refractivity contribution in [2.24, 2.45) is 5.10 Å². The Bertz CT molecular complexity index is 1530. The number of thiazole rings is 1. The molecule has 0 radical (unpaired) electrons. The first-order chi connectivity index (χ1) is 17.1. The molecule has 1 heterocycles. The van der Waals surface area contributed by atoms with Gasteiger partial charge in [0.05, 0.1) is 16.9 Å². The average Bonchev–Trinajstić information content (AvgIpc) is 3.32. The molecule has 0 unspecified atom stereocenters. The third-order valence-corrected chi connectivity index (χ3v) is 7.04. The van der Waals surface area contributed by atoms with Crippen molar-refractivity contribution >= 4 is 56.7 Å². The van der Waals surface area contributed by atoms with Crippen molar-refractivity contribution in [3.8, 4) is 11.3 Å². The van der Waals surface area contributed by atoms with Crippen LogP contribution >= 0.6 is 34.5 Å². The van der Waals surface area contributed by atoms with Gasteiger partial charge in [-0.15, -0.1) is 11.3 Å². The summed E-state index contributed by atoms with van der Waals surface area (Å²) in [6.45, 7) is 0. The van der Waals surface area contributed by atoms with Gasteiger partial charge in [-0.25, -0.2) is 9.37 Å². The van der Waals surface area contributed by atoms with Crippen molar-refractivity contribution in [2.45, 2.75) is 12.8 Å². The predicted molar refractivity (Wildman–Crippen MR) is 147 cm³/mol. The Morgan fingerprint density at radius 3 is 2.57 bits per heavy atom. The molecule has 0 aliphatic carbocycles. The van der Waals surface area contributed by atoms with E-state index in [4.69, 9.17) is 23.2 Å². The molecule has 0 atom stereocenters. The first kappa shape index (κ1) is 23.5. The number of fused-ring (bicyclic) bond motifs is 1. The Morgan fingerprint density at radius 2 is 1.71 bits per heavy atom. The fourth-order valence-electron chi connectivity index (χ4n) is 3.98. The molecule has 5 aromatic rings. The molecule has 0 aliphatic heterocycles. The van der Waals surface area contributed by atoms with Gasteiger partial charge in [-0.3, -0.25) is 5.43 Å². The monoisotopic (exact) mass is 519 g/mol. The average molecular weight is 520 g/mol. The van der Waals surface area contributed by atoms with Crippen LogP contribution in [0.5, 0.6) is 0 Å². The second-order valence-electron chi connectivity index (χ2n) is 7.98. The van der Waals surface area contributed by atoms with E-state index in [0.717, 1.165) is 33.2 Å². The molecule has 0 bridgehead atoms. The number of rotatable bonds is 7. The van der Waals surface area contributed by atoms with E-state index in [9.17, 15) is 4.39 Å². The molecule has 0 aliphatic rings. The van der Waals surface area contributed by atoms with Crippen LogP contribution in [0, 0.1) is 5.82 Å². The molecule has 0 saturated heterocycles. The molecule has 4 aromatic carbocycles. The summed E-state index contributed by atoms with van der Waals surface area (Å²) in [5.41, 5.74) is 7.42. The number of halogens is 3. The summed E-state index contributed by atoms with van der Waals surface area (Å²) in [6, 6.07) is 24.6. The fourth-order valence-corrected chi connectivity index (χ4v) is 5.14. The molecule has 7 heteroatoms. The number of hydrogen-bond donors (Lipinski definition) is 1. The normalized spacial score (nSPS) is 11.4. The van der Waals surface area contributed by atoms with Crippen molar-refractivity contribution in [1.29, 1.82) is 0 Å². The standard InChI is InChI=1S/C28H20Cl2FN3S/c29-21-13-14-23(25(30)15-21)27-17-35-28(33-27)34-32-16-24-19(10-9-18-5-1-3-7-22(18)24)11-12-20-6-2-4-8-26(20)31/h1-10,13-17H,11-12H2,(H,33,34)/b32-16-. The van der Waals surface area contributed by atoms with E-state index in [1.807, 2.05) is 41.9 Å². The van der Waals surface area contributed by atoms with E-state index < -0.39 is 0 Å². The van der Waals surface area contributed by atoms with Crippen molar-refractivity contribution < 1.29 is 4.39 Å². The molecule has 3 nitrogen and oxygen atoms in total. The summed E-state index contributed by atoms with van der Waals surface area (Å²) in [4.78, 5) is 4.60. The third kappa shape index (κ3) is 5.38. The number of hydrogen-bond acceptors (Lipinski definition) is 4. The van der Waals surface area contributed by atoms with Gasteiger partial charge in [-0.05, 0) is 59.0 Å². The summed E-state index contributed by atoms with van der Waals surface area (Å²) in [5.74, 6) is -0.175. The summed E-state index contributed by atoms with van der Waals surface area (Å²) in [6.07, 6.45) is 3.12. The van der Waals surface area contributed by atoms with Gasteiger partial charge in [0, 0.05) is 21.5 Å². The minimum atomic E-state index is -0.175. The number of benzene rings is 4. The first-order valence-corrected chi connectivity index (χ1v) is 12.7. The molecule has 174 valence electrons. The van der Waals surface area contributed by atoms with Crippen LogP contribution in [-0.4, -0.2) is 11.2 Å². The molecule has 0 fully saturated rings. The van der Waals surface area contributed by atoms with E-state index in [1.54, 1.807) is 18.2 Å². The third-order valence-electron chi connectivity index (χ3n) is 5.75. The highest BCUT2D eigenvalue weighted by Gasteiger charge is 2.10. The van der Waals surface area contributed by atoms with Gasteiger partial charge in [0.1, 0.15) is 5.82 Å². The number of aromatic nitrogens is 1. The van der Waals surface area contributed by atoms with Crippen LogP contribution in [0.4, 0.5) is 9.52 Å². The minimum Gasteiger partial charge on any atom is -0.253 e. The van der Waals surface area contributed by atoms with E-state index in [-0.39, 0.29) is 5.82 Å². The van der Waals surface area contributed by atoms with Gasteiger partial charge in [-0.1, -0.05) is 77.8 Å². The van der Waals surface area contributed by atoms with E-state index >= 15 is 0 Å². The topological polar surface area (TPSA) is 37.3 Å². The SMILES string of the molecule is Fc1ccccc1CCc1ccc2ccccc2c1/C=N\Nc1nc(-c2ccc(Cl)cc2Cl)cs1. The van der Waals surface area contributed by atoms with Crippen LogP contribution < -0.4 is 5.43 Å². The zero-order valence-electron chi connectivity index (χ0n) is 18.5. The predicted octanol–water partition coefficient (Wildman–Crippen LogP) is 8.64. The number of nitrogens with one attached hydrogen (secondary N) is 1. The maximum Gasteiger partial charge on any atom is 0.203 e. The van der Waals surface area contributed by atoms with Gasteiger partial charge in [0.15, 0.2) is 0 Å². The maximum absolute atomic E-state index is 14.1. The highest BCUT2D eigenvalue weighted by atomic mass is 35.5. The molecule has 0 amide bonds. The second-order valence-corrected chi connectivity index (χ2v) is 9.68. The lowest BCUT2D eigenvalue weighted by atomic mass is 9.95. The van der Waals surface area contributed by atoms with Crippen LogP contribution in [0.15, 0.2) is 89.3 Å². The van der Waals surface area contributed by atoms with Gasteiger partial charge in [0.25, 0.3) is 0 Å². The molecule has 5 rings (SSSR count). The summed E-state index contributed by atoms with van der Waals surface area (Å²) in [5, 5.41) is 10.4. The van der Waals surface area contributed by atoms with Crippen molar-refractivity contribution in [3.63, 3.8) is 0 Å². The lowest BCUT2D eigenvalue weighted by Gasteiger charge is -2.10. The van der Waals surface area contributed by atoms with Crippen LogP contribution in [0.25, 0.3) is 22.0 Å². The van der Waals surface area contributed by atoms with Gasteiger partial charge in [0.2, 0.25) is 5.13 Å². The largest absolute Gasteiger partial charge is 0.253 e. The number of anilines is 1. The Labute approximate surface area is 216 Å². The minimum absolute atomic E-state index is 0.175. The molecular weight excluding hydrogens is 500 g/mol. The lowest BCUT2D eigenvalue weighted by Crippen LogP contribution is -2.00. The fraction of sp³-hybridized carbons (Fsp3) is 0.0714. The highest BCUT2D eigenvalue weighted by Crippen LogP contribution is 2.32. The molecule has 1 N–H and O–H groups in total. The van der Waals surface area contributed by atoms with Crippen molar-refractivity contribution in [3.05, 3.63) is 117 Å². The second kappa shape index (κ2) is 10.6. The molecule has 0 spiro atoms. The molecule has 1 aromatic heterocycles. The number of hydrazone groups is 1. The maximum atomic E-state index is 14.1. The summed E-state index contributed by atoms with van der Waals surface area (Å²) < 4.78 is 14.1. The number of aryl methyl sites for hydroxylation is 2. The zero-order chi connectivity index (χ0) is 24.2.